The molecule has 0 saturated carbocycles. The minimum Gasteiger partial charge on any atom is -0.397 e. The van der Waals surface area contributed by atoms with E-state index >= 15 is 0 Å². The quantitative estimate of drug-likeness (QED) is 0.710. The van der Waals surface area contributed by atoms with Gasteiger partial charge < -0.3 is 15.9 Å². The van der Waals surface area contributed by atoms with Gasteiger partial charge in [0.1, 0.15) is 5.82 Å². The van der Waals surface area contributed by atoms with Crippen molar-refractivity contribution >= 4 is 0 Å². The Labute approximate surface area is 89.4 Å². The molecule has 4 heteroatoms. The molecular weight excluding hydrogens is 197 g/mol. The molecule has 0 bridgehead atoms. The monoisotopic (exact) mass is 215 g/mol. The lowest BCUT2D eigenvalue weighted by molar-refractivity contribution is 0.275. The van der Waals surface area contributed by atoms with Gasteiger partial charge >= 0.3 is 0 Å². The fraction of sp³-hybridized carbons (Fsp3) is 0.455. The summed E-state index contributed by atoms with van der Waals surface area (Å²) >= 11 is 0. The van der Waals surface area contributed by atoms with Crippen molar-refractivity contribution in [2.75, 3.05) is 13.2 Å². The van der Waals surface area contributed by atoms with Crippen LogP contribution in [0.3, 0.4) is 0 Å². The predicted molar refractivity (Wildman–Crippen MR) is 57.8 cm³/mol. The molecule has 1 unspecified atom stereocenters. The largest absolute Gasteiger partial charge is 0.397 e. The Balaban J connectivity index is 0.000000583. The smallest absolute Gasteiger partial charge is 0.127 e. The minimum absolute atomic E-state index is 0.0184. The van der Waals surface area contributed by atoms with Gasteiger partial charge in [-0.1, -0.05) is 18.2 Å². The van der Waals surface area contributed by atoms with E-state index in [-0.39, 0.29) is 19.0 Å². The molecule has 0 aromatic heterocycles. The average molecular weight is 215 g/mol. The van der Waals surface area contributed by atoms with E-state index < -0.39 is 6.04 Å². The van der Waals surface area contributed by atoms with E-state index in [2.05, 4.69) is 0 Å². The Morgan fingerprint density at radius 3 is 2.33 bits per heavy atom. The highest BCUT2D eigenvalue weighted by Gasteiger charge is 2.08. The van der Waals surface area contributed by atoms with E-state index in [0.717, 1.165) is 0 Å². The summed E-state index contributed by atoms with van der Waals surface area (Å²) in [5, 5.41) is 16.2. The first kappa shape index (κ1) is 14.0. The number of aliphatic hydroxyl groups is 2. The molecule has 0 aliphatic rings. The van der Waals surface area contributed by atoms with Crippen LogP contribution in [0.1, 0.15) is 24.9 Å². The summed E-state index contributed by atoms with van der Waals surface area (Å²) in [4.78, 5) is 0. The molecule has 0 aliphatic heterocycles. The molecule has 0 fully saturated rings. The fourth-order valence-corrected chi connectivity index (χ4v) is 1.07. The molecule has 0 saturated heterocycles. The van der Waals surface area contributed by atoms with Crippen molar-refractivity contribution in [1.82, 2.24) is 0 Å². The topological polar surface area (TPSA) is 66.5 Å². The summed E-state index contributed by atoms with van der Waals surface area (Å²) in [6, 6.07) is 5.94. The molecule has 4 N–H and O–H groups in total. The third-order valence-corrected chi connectivity index (χ3v) is 1.74. The Hall–Kier alpha value is -0.970. The van der Waals surface area contributed by atoms with E-state index in [0.29, 0.717) is 12.0 Å². The summed E-state index contributed by atoms with van der Waals surface area (Å²) in [6.45, 7) is 1.91. The van der Waals surface area contributed by atoms with Crippen molar-refractivity contribution in [3.63, 3.8) is 0 Å². The zero-order valence-electron chi connectivity index (χ0n) is 8.86. The van der Waals surface area contributed by atoms with Gasteiger partial charge in [0, 0.05) is 24.8 Å². The molecule has 0 heterocycles. The Morgan fingerprint density at radius 2 is 1.87 bits per heavy atom. The highest BCUT2D eigenvalue weighted by atomic mass is 19.1. The van der Waals surface area contributed by atoms with Gasteiger partial charge in [0.2, 0.25) is 0 Å². The Bertz CT molecular complexity index is 269. The van der Waals surface area contributed by atoms with Gasteiger partial charge in [0.25, 0.3) is 0 Å². The van der Waals surface area contributed by atoms with Crippen LogP contribution in [0.25, 0.3) is 0 Å². The highest BCUT2D eigenvalue weighted by molar-refractivity contribution is 5.20. The van der Waals surface area contributed by atoms with Crippen molar-refractivity contribution in [1.29, 1.82) is 0 Å². The summed E-state index contributed by atoms with van der Waals surface area (Å²) in [6.07, 6.45) is 0.390. The summed E-state index contributed by atoms with van der Waals surface area (Å²) in [5.74, 6) is -0.307. The molecule has 0 radical (unpaired) electrons. The number of benzene rings is 1. The van der Waals surface area contributed by atoms with E-state index in [9.17, 15) is 4.39 Å². The first-order valence-corrected chi connectivity index (χ1v) is 4.89. The van der Waals surface area contributed by atoms with Crippen LogP contribution in [-0.4, -0.2) is 23.4 Å². The van der Waals surface area contributed by atoms with Gasteiger partial charge in [-0.2, -0.15) is 0 Å². The SMILES string of the molecule is CCO.NC(CCO)c1ccccc1F. The van der Waals surface area contributed by atoms with Crippen LogP contribution < -0.4 is 5.73 Å². The van der Waals surface area contributed by atoms with Crippen LogP contribution >= 0.6 is 0 Å². The Morgan fingerprint density at radius 1 is 1.33 bits per heavy atom. The van der Waals surface area contributed by atoms with Gasteiger partial charge in [-0.15, -0.1) is 0 Å². The second-order valence-electron chi connectivity index (χ2n) is 2.96. The van der Waals surface area contributed by atoms with Crippen LogP contribution in [-0.2, 0) is 0 Å². The van der Waals surface area contributed by atoms with E-state index in [1.165, 1.54) is 6.07 Å². The first-order chi connectivity index (χ1) is 7.17. The van der Waals surface area contributed by atoms with Crippen LogP contribution in [0.4, 0.5) is 4.39 Å². The zero-order valence-corrected chi connectivity index (χ0v) is 8.86. The van der Waals surface area contributed by atoms with Gasteiger partial charge in [0.05, 0.1) is 0 Å². The highest BCUT2D eigenvalue weighted by Crippen LogP contribution is 2.16. The number of hydrogen-bond donors (Lipinski definition) is 3. The number of rotatable bonds is 3. The number of halogens is 1. The standard InChI is InChI=1S/C9H12FNO.C2H6O/c10-8-4-2-1-3-7(8)9(11)5-6-12;1-2-3/h1-4,9,12H,5-6,11H2;3H,2H2,1H3. The lowest BCUT2D eigenvalue weighted by Crippen LogP contribution is -2.13. The van der Waals surface area contributed by atoms with Crippen molar-refractivity contribution in [2.24, 2.45) is 5.73 Å². The summed E-state index contributed by atoms with van der Waals surface area (Å²) in [7, 11) is 0. The van der Waals surface area contributed by atoms with E-state index in [1.807, 2.05) is 0 Å². The van der Waals surface area contributed by atoms with Gasteiger partial charge in [0.15, 0.2) is 0 Å². The Kier molecular flexibility index (Phi) is 7.81. The summed E-state index contributed by atoms with van der Waals surface area (Å²) in [5.41, 5.74) is 6.07. The van der Waals surface area contributed by atoms with Gasteiger partial charge in [-0.3, -0.25) is 0 Å². The molecule has 0 spiro atoms. The van der Waals surface area contributed by atoms with Crippen molar-refractivity contribution < 1.29 is 14.6 Å². The molecule has 1 aromatic rings. The van der Waals surface area contributed by atoms with Crippen molar-refractivity contribution in [2.45, 2.75) is 19.4 Å². The molecule has 15 heavy (non-hydrogen) atoms. The van der Waals surface area contributed by atoms with Crippen LogP contribution in [0.2, 0.25) is 0 Å². The van der Waals surface area contributed by atoms with Gasteiger partial charge in [-0.25, -0.2) is 4.39 Å². The van der Waals surface area contributed by atoms with Crippen molar-refractivity contribution in [3.8, 4) is 0 Å². The first-order valence-electron chi connectivity index (χ1n) is 4.89. The molecule has 1 aromatic carbocycles. The maximum Gasteiger partial charge on any atom is 0.127 e. The minimum atomic E-state index is -0.406. The third kappa shape index (κ3) is 5.47. The normalized spacial score (nSPS) is 11.5. The molecule has 86 valence electrons. The molecule has 3 nitrogen and oxygen atoms in total. The second kappa shape index (κ2) is 8.35. The molecular formula is C11H18FNO2. The fourth-order valence-electron chi connectivity index (χ4n) is 1.07. The maximum absolute atomic E-state index is 13.0. The van der Waals surface area contributed by atoms with Crippen molar-refractivity contribution in [3.05, 3.63) is 35.6 Å². The lowest BCUT2D eigenvalue weighted by atomic mass is 10.0. The third-order valence-electron chi connectivity index (χ3n) is 1.74. The van der Waals surface area contributed by atoms with Crippen LogP contribution in [0, 0.1) is 5.82 Å². The lowest BCUT2D eigenvalue weighted by Gasteiger charge is -2.10. The zero-order chi connectivity index (χ0) is 11.7. The molecule has 1 atom stereocenters. The number of hydrogen-bond acceptors (Lipinski definition) is 3. The van der Waals surface area contributed by atoms with E-state index in [4.69, 9.17) is 15.9 Å². The van der Waals surface area contributed by atoms with Gasteiger partial charge in [-0.05, 0) is 19.4 Å². The predicted octanol–water partition coefficient (Wildman–Crippen LogP) is 1.21. The average Bonchev–Trinajstić information content (AvgIpc) is 2.20. The molecule has 0 aliphatic carbocycles. The summed E-state index contributed by atoms with van der Waals surface area (Å²) < 4.78 is 13.0. The molecule has 1 rings (SSSR count). The number of aliphatic hydroxyl groups excluding tert-OH is 2. The van der Waals surface area contributed by atoms with Crippen LogP contribution in [0.5, 0.6) is 0 Å². The van der Waals surface area contributed by atoms with Crippen LogP contribution in [0.15, 0.2) is 24.3 Å². The molecule has 0 amide bonds. The number of nitrogens with two attached hydrogens (primary N) is 1. The van der Waals surface area contributed by atoms with E-state index in [1.54, 1.807) is 25.1 Å². The maximum atomic E-state index is 13.0. The second-order valence-corrected chi connectivity index (χ2v) is 2.96.